The standard InChI is InChI=1S/C19H18N4O2/c1-12(13-7-3-2-4-8-13)22-18-17(20)21-11-16(23-18)14-9-5-6-10-15(14)19(24)25/h2-12H,1H3,(H2,20,21)(H,22,23)(H,24,25)/t12-/m1/s1. The van der Waals surface area contributed by atoms with Crippen LogP contribution >= 0.6 is 0 Å². The lowest BCUT2D eigenvalue weighted by Crippen LogP contribution is -2.11. The van der Waals surface area contributed by atoms with Crippen LogP contribution in [0.4, 0.5) is 11.6 Å². The van der Waals surface area contributed by atoms with Crippen LogP contribution in [0, 0.1) is 0 Å². The fraction of sp³-hybridized carbons (Fsp3) is 0.105. The van der Waals surface area contributed by atoms with Gasteiger partial charge in [-0.25, -0.2) is 14.8 Å². The molecular weight excluding hydrogens is 316 g/mol. The van der Waals surface area contributed by atoms with E-state index < -0.39 is 5.97 Å². The minimum absolute atomic E-state index is 0.0252. The van der Waals surface area contributed by atoms with E-state index in [9.17, 15) is 9.90 Å². The molecule has 0 fully saturated rings. The first-order chi connectivity index (χ1) is 12.1. The Morgan fingerprint density at radius 2 is 1.80 bits per heavy atom. The van der Waals surface area contributed by atoms with Crippen molar-refractivity contribution in [2.75, 3.05) is 11.1 Å². The van der Waals surface area contributed by atoms with E-state index in [2.05, 4.69) is 15.3 Å². The molecule has 25 heavy (non-hydrogen) atoms. The van der Waals surface area contributed by atoms with Crippen LogP contribution < -0.4 is 11.1 Å². The Bertz CT molecular complexity index is 897. The van der Waals surface area contributed by atoms with E-state index in [4.69, 9.17) is 5.73 Å². The number of anilines is 2. The van der Waals surface area contributed by atoms with Crippen LogP contribution in [0.25, 0.3) is 11.3 Å². The van der Waals surface area contributed by atoms with Crippen LogP contribution in [-0.4, -0.2) is 21.0 Å². The highest BCUT2D eigenvalue weighted by Crippen LogP contribution is 2.26. The van der Waals surface area contributed by atoms with Gasteiger partial charge in [0.25, 0.3) is 0 Å². The van der Waals surface area contributed by atoms with Crippen molar-refractivity contribution in [1.29, 1.82) is 0 Å². The van der Waals surface area contributed by atoms with E-state index >= 15 is 0 Å². The molecule has 0 aliphatic carbocycles. The Morgan fingerprint density at radius 1 is 1.12 bits per heavy atom. The van der Waals surface area contributed by atoms with Gasteiger partial charge in [0.2, 0.25) is 0 Å². The number of carboxylic acid groups (broad SMARTS) is 1. The summed E-state index contributed by atoms with van der Waals surface area (Å²) < 4.78 is 0. The Hall–Kier alpha value is -3.41. The van der Waals surface area contributed by atoms with Crippen molar-refractivity contribution in [2.45, 2.75) is 13.0 Å². The fourth-order valence-corrected chi connectivity index (χ4v) is 2.56. The third kappa shape index (κ3) is 3.58. The van der Waals surface area contributed by atoms with Crippen LogP contribution in [0.1, 0.15) is 28.9 Å². The number of nitrogens with one attached hydrogen (secondary N) is 1. The number of benzene rings is 2. The van der Waals surface area contributed by atoms with Crippen molar-refractivity contribution in [3.05, 3.63) is 71.9 Å². The highest BCUT2D eigenvalue weighted by atomic mass is 16.4. The van der Waals surface area contributed by atoms with E-state index in [-0.39, 0.29) is 17.4 Å². The molecule has 2 aromatic carbocycles. The van der Waals surface area contributed by atoms with Crippen LogP contribution in [0.2, 0.25) is 0 Å². The van der Waals surface area contributed by atoms with Crippen LogP contribution in [0.3, 0.4) is 0 Å². The first-order valence-electron chi connectivity index (χ1n) is 7.83. The zero-order valence-corrected chi connectivity index (χ0v) is 13.7. The summed E-state index contributed by atoms with van der Waals surface area (Å²) in [5.74, 6) is -0.324. The number of nitrogen functional groups attached to an aromatic ring is 1. The van der Waals surface area contributed by atoms with Gasteiger partial charge in [0.1, 0.15) is 0 Å². The molecule has 3 aromatic rings. The average molecular weight is 334 g/mol. The van der Waals surface area contributed by atoms with Gasteiger partial charge in [0.15, 0.2) is 11.6 Å². The number of rotatable bonds is 5. The minimum Gasteiger partial charge on any atom is -0.478 e. The number of carbonyl (C=O) groups is 1. The van der Waals surface area contributed by atoms with Gasteiger partial charge in [-0.15, -0.1) is 0 Å². The molecule has 6 nitrogen and oxygen atoms in total. The highest BCUT2D eigenvalue weighted by Gasteiger charge is 2.15. The maximum absolute atomic E-state index is 11.4. The lowest BCUT2D eigenvalue weighted by Gasteiger charge is -2.17. The van der Waals surface area contributed by atoms with E-state index in [1.165, 1.54) is 12.3 Å². The zero-order chi connectivity index (χ0) is 17.8. The molecule has 0 saturated heterocycles. The Kier molecular flexibility index (Phi) is 4.61. The number of hydrogen-bond acceptors (Lipinski definition) is 5. The highest BCUT2D eigenvalue weighted by molar-refractivity contribution is 5.95. The average Bonchev–Trinajstić information content (AvgIpc) is 2.64. The second-order valence-corrected chi connectivity index (χ2v) is 5.62. The molecule has 6 heteroatoms. The summed E-state index contributed by atoms with van der Waals surface area (Å²) >= 11 is 0. The van der Waals surface area contributed by atoms with E-state index in [0.717, 1.165) is 5.56 Å². The van der Waals surface area contributed by atoms with Gasteiger partial charge in [-0.3, -0.25) is 0 Å². The Balaban J connectivity index is 1.95. The normalized spacial score (nSPS) is 11.7. The van der Waals surface area contributed by atoms with Gasteiger partial charge >= 0.3 is 5.97 Å². The Labute approximate surface area is 145 Å². The molecule has 1 aromatic heterocycles. The maximum atomic E-state index is 11.4. The molecule has 0 amide bonds. The summed E-state index contributed by atoms with van der Waals surface area (Å²) in [6.07, 6.45) is 1.48. The van der Waals surface area contributed by atoms with Gasteiger partial charge in [-0.1, -0.05) is 48.5 Å². The summed E-state index contributed by atoms with van der Waals surface area (Å²) in [6.45, 7) is 1.99. The maximum Gasteiger partial charge on any atom is 0.336 e. The summed E-state index contributed by atoms with van der Waals surface area (Å²) in [5.41, 5.74) is 8.14. The predicted molar refractivity (Wildman–Crippen MR) is 97.3 cm³/mol. The van der Waals surface area contributed by atoms with E-state index in [0.29, 0.717) is 17.1 Å². The summed E-state index contributed by atoms with van der Waals surface area (Å²) in [7, 11) is 0. The number of nitrogens with two attached hydrogens (primary N) is 1. The largest absolute Gasteiger partial charge is 0.478 e. The number of aromatic nitrogens is 2. The topological polar surface area (TPSA) is 101 Å². The number of carboxylic acids is 1. The number of aromatic carboxylic acids is 1. The minimum atomic E-state index is -1.01. The van der Waals surface area contributed by atoms with Crippen LogP contribution in [0.15, 0.2) is 60.8 Å². The molecule has 1 heterocycles. The first kappa shape index (κ1) is 16.4. The molecule has 4 N–H and O–H groups in total. The third-order valence-electron chi connectivity index (χ3n) is 3.89. The summed E-state index contributed by atoms with van der Waals surface area (Å²) in [6, 6.07) is 16.5. The lowest BCUT2D eigenvalue weighted by molar-refractivity contribution is 0.0697. The number of nitrogens with zero attached hydrogens (tertiary/aromatic N) is 2. The summed E-state index contributed by atoms with van der Waals surface area (Å²) in [5, 5.41) is 12.6. The molecular formula is C19H18N4O2. The van der Waals surface area contributed by atoms with E-state index in [1.54, 1.807) is 18.2 Å². The van der Waals surface area contributed by atoms with Crippen LogP contribution in [0.5, 0.6) is 0 Å². The molecule has 0 aliphatic heterocycles. The SMILES string of the molecule is C[C@@H](Nc1nc(-c2ccccc2C(=O)O)cnc1N)c1ccccc1. The van der Waals surface area contributed by atoms with Crippen molar-refractivity contribution < 1.29 is 9.90 Å². The lowest BCUT2D eigenvalue weighted by atomic mass is 10.1. The van der Waals surface area contributed by atoms with Gasteiger partial charge in [-0.2, -0.15) is 0 Å². The van der Waals surface area contributed by atoms with Gasteiger partial charge in [0.05, 0.1) is 23.5 Å². The monoisotopic (exact) mass is 334 g/mol. The Morgan fingerprint density at radius 3 is 2.52 bits per heavy atom. The molecule has 126 valence electrons. The zero-order valence-electron chi connectivity index (χ0n) is 13.7. The first-order valence-corrected chi connectivity index (χ1v) is 7.83. The molecule has 0 radical (unpaired) electrons. The smallest absolute Gasteiger partial charge is 0.336 e. The fourth-order valence-electron chi connectivity index (χ4n) is 2.56. The van der Waals surface area contributed by atoms with Gasteiger partial charge in [0, 0.05) is 5.56 Å². The molecule has 1 atom stereocenters. The molecule has 0 unspecified atom stereocenters. The molecule has 3 rings (SSSR count). The van der Waals surface area contributed by atoms with Gasteiger partial charge in [-0.05, 0) is 18.6 Å². The quantitative estimate of drug-likeness (QED) is 0.659. The predicted octanol–water partition coefficient (Wildman–Crippen LogP) is 3.60. The van der Waals surface area contributed by atoms with Crippen LogP contribution in [-0.2, 0) is 0 Å². The van der Waals surface area contributed by atoms with Gasteiger partial charge < -0.3 is 16.2 Å². The van der Waals surface area contributed by atoms with Crippen molar-refractivity contribution >= 4 is 17.6 Å². The van der Waals surface area contributed by atoms with Crippen molar-refractivity contribution in [3.8, 4) is 11.3 Å². The van der Waals surface area contributed by atoms with E-state index in [1.807, 2.05) is 37.3 Å². The third-order valence-corrected chi connectivity index (χ3v) is 3.89. The van der Waals surface area contributed by atoms with Crippen molar-refractivity contribution in [2.24, 2.45) is 0 Å². The van der Waals surface area contributed by atoms with Crippen molar-refractivity contribution in [3.63, 3.8) is 0 Å². The second kappa shape index (κ2) is 7.00. The van der Waals surface area contributed by atoms with Crippen molar-refractivity contribution in [1.82, 2.24) is 9.97 Å². The molecule has 0 aliphatic rings. The molecule has 0 bridgehead atoms. The summed E-state index contributed by atoms with van der Waals surface area (Å²) in [4.78, 5) is 20.1. The second-order valence-electron chi connectivity index (χ2n) is 5.62. The molecule has 0 saturated carbocycles. The molecule has 0 spiro atoms. The number of hydrogen-bond donors (Lipinski definition) is 3.